The average Bonchev–Trinajstić information content (AvgIpc) is 2.91. The van der Waals surface area contributed by atoms with Crippen molar-refractivity contribution in [1.82, 2.24) is 14.8 Å². The topological polar surface area (TPSA) is 76.9 Å². The molecule has 8 heteroatoms. The first-order valence-corrected chi connectivity index (χ1v) is 9.17. The van der Waals surface area contributed by atoms with E-state index in [2.05, 4.69) is 21.7 Å². The van der Waals surface area contributed by atoms with Crippen LogP contribution in [-0.2, 0) is 29.9 Å². The third kappa shape index (κ3) is 2.82. The van der Waals surface area contributed by atoms with Gasteiger partial charge in [-0.25, -0.2) is 13.4 Å². The number of nitrogens with zero attached hydrogens (tertiary/aromatic N) is 3. The average molecular weight is 326 g/mol. The highest BCUT2D eigenvalue weighted by Gasteiger charge is 2.24. The van der Waals surface area contributed by atoms with Crippen LogP contribution in [-0.4, -0.2) is 23.2 Å². The summed E-state index contributed by atoms with van der Waals surface area (Å²) in [4.78, 5) is 5.84. The standard InChI is InChI=1S/C13H18N4O2S2/c1-8-4-5-10-11(6-8)20-13(14-10)16-21(18,19)12-7-17(3)15-9(12)2/h7-8H,4-6H2,1-3H3,(H,14,16). The van der Waals surface area contributed by atoms with Gasteiger partial charge in [-0.1, -0.05) is 6.92 Å². The second-order valence-corrected chi connectivity index (χ2v) is 8.33. The minimum absolute atomic E-state index is 0.200. The van der Waals surface area contributed by atoms with Crippen LogP contribution < -0.4 is 4.72 Å². The molecule has 3 rings (SSSR count). The van der Waals surface area contributed by atoms with Crippen molar-refractivity contribution in [2.24, 2.45) is 13.0 Å². The fraction of sp³-hybridized carbons (Fsp3) is 0.538. The summed E-state index contributed by atoms with van der Waals surface area (Å²) in [6, 6.07) is 0. The molecule has 2 heterocycles. The van der Waals surface area contributed by atoms with Gasteiger partial charge in [0.2, 0.25) is 0 Å². The number of anilines is 1. The van der Waals surface area contributed by atoms with Gasteiger partial charge in [-0.05, 0) is 32.1 Å². The molecule has 6 nitrogen and oxygen atoms in total. The summed E-state index contributed by atoms with van der Waals surface area (Å²) in [5.74, 6) is 0.642. The molecule has 0 radical (unpaired) electrons. The first-order valence-electron chi connectivity index (χ1n) is 6.87. The van der Waals surface area contributed by atoms with Gasteiger partial charge in [0.15, 0.2) is 5.13 Å². The van der Waals surface area contributed by atoms with E-state index in [1.165, 1.54) is 27.1 Å². The van der Waals surface area contributed by atoms with E-state index < -0.39 is 10.0 Å². The molecule has 1 aliphatic rings. The monoisotopic (exact) mass is 326 g/mol. The summed E-state index contributed by atoms with van der Waals surface area (Å²) in [6.45, 7) is 3.90. The van der Waals surface area contributed by atoms with E-state index in [0.717, 1.165) is 25.0 Å². The van der Waals surface area contributed by atoms with Crippen LogP contribution in [0.25, 0.3) is 0 Å². The highest BCUT2D eigenvalue weighted by molar-refractivity contribution is 7.93. The molecule has 114 valence electrons. The molecule has 0 saturated heterocycles. The molecular formula is C13H18N4O2S2. The number of hydrogen-bond donors (Lipinski definition) is 1. The molecule has 2 aromatic heterocycles. The number of rotatable bonds is 3. The zero-order valence-corrected chi connectivity index (χ0v) is 13.9. The van der Waals surface area contributed by atoms with Crippen molar-refractivity contribution in [3.8, 4) is 0 Å². The first kappa shape index (κ1) is 14.5. The third-order valence-electron chi connectivity index (χ3n) is 3.67. The van der Waals surface area contributed by atoms with E-state index in [0.29, 0.717) is 16.7 Å². The van der Waals surface area contributed by atoms with E-state index in [1.807, 2.05) is 0 Å². The van der Waals surface area contributed by atoms with Crippen molar-refractivity contribution < 1.29 is 8.42 Å². The number of thiazole rings is 1. The van der Waals surface area contributed by atoms with Crippen molar-refractivity contribution >= 4 is 26.5 Å². The summed E-state index contributed by atoms with van der Waals surface area (Å²) in [6.07, 6.45) is 4.54. The molecule has 0 aromatic carbocycles. The molecule has 1 aliphatic carbocycles. The minimum atomic E-state index is -3.62. The normalized spacial score (nSPS) is 18.5. The second-order valence-electron chi connectivity index (χ2n) is 5.59. The molecule has 0 saturated carbocycles. The Kier molecular flexibility index (Phi) is 3.53. The van der Waals surface area contributed by atoms with Crippen LogP contribution in [0.4, 0.5) is 5.13 Å². The van der Waals surface area contributed by atoms with Crippen LogP contribution in [0.2, 0.25) is 0 Å². The third-order valence-corrected chi connectivity index (χ3v) is 6.27. The Morgan fingerprint density at radius 1 is 1.48 bits per heavy atom. The molecule has 0 aliphatic heterocycles. The summed E-state index contributed by atoms with van der Waals surface area (Å²) in [7, 11) is -1.92. The summed E-state index contributed by atoms with van der Waals surface area (Å²) in [5.41, 5.74) is 1.53. The summed E-state index contributed by atoms with van der Waals surface area (Å²) in [5, 5.41) is 4.53. The van der Waals surface area contributed by atoms with Gasteiger partial charge in [-0.15, -0.1) is 11.3 Å². The lowest BCUT2D eigenvalue weighted by Crippen LogP contribution is -2.13. The lowest BCUT2D eigenvalue weighted by molar-refractivity contribution is 0.502. The van der Waals surface area contributed by atoms with Crippen LogP contribution >= 0.6 is 11.3 Å². The molecule has 2 aromatic rings. The molecule has 0 bridgehead atoms. The van der Waals surface area contributed by atoms with Crippen molar-refractivity contribution in [2.45, 2.75) is 38.0 Å². The number of nitrogens with one attached hydrogen (secondary N) is 1. The molecule has 0 spiro atoms. The maximum Gasteiger partial charge on any atom is 0.267 e. The molecular weight excluding hydrogens is 308 g/mol. The van der Waals surface area contributed by atoms with Crippen LogP contribution in [0.3, 0.4) is 0 Å². The maximum absolute atomic E-state index is 12.4. The lowest BCUT2D eigenvalue weighted by atomic mass is 9.93. The second kappa shape index (κ2) is 5.10. The Balaban J connectivity index is 1.88. The Morgan fingerprint density at radius 3 is 2.90 bits per heavy atom. The number of hydrogen-bond acceptors (Lipinski definition) is 5. The van der Waals surface area contributed by atoms with Crippen LogP contribution in [0.1, 0.15) is 29.6 Å². The van der Waals surface area contributed by atoms with Crippen molar-refractivity contribution in [3.05, 3.63) is 22.5 Å². The molecule has 0 fully saturated rings. The first-order chi connectivity index (χ1) is 9.85. The van der Waals surface area contributed by atoms with Gasteiger partial charge in [0.05, 0.1) is 11.4 Å². The Hall–Kier alpha value is -1.41. The number of fused-ring (bicyclic) bond motifs is 1. The van der Waals surface area contributed by atoms with Gasteiger partial charge in [0, 0.05) is 18.1 Å². The number of sulfonamides is 1. The van der Waals surface area contributed by atoms with Gasteiger partial charge >= 0.3 is 0 Å². The molecule has 1 N–H and O–H groups in total. The number of aryl methyl sites for hydroxylation is 3. The zero-order valence-electron chi connectivity index (χ0n) is 12.3. The number of aromatic nitrogens is 3. The van der Waals surface area contributed by atoms with Gasteiger partial charge < -0.3 is 0 Å². The lowest BCUT2D eigenvalue weighted by Gasteiger charge is -2.15. The van der Waals surface area contributed by atoms with Crippen LogP contribution in [0.5, 0.6) is 0 Å². The van der Waals surface area contributed by atoms with Crippen LogP contribution in [0, 0.1) is 12.8 Å². The predicted octanol–water partition coefficient (Wildman–Crippen LogP) is 2.11. The molecule has 1 unspecified atom stereocenters. The largest absolute Gasteiger partial charge is 0.274 e. The Labute approximate surface area is 128 Å². The van der Waals surface area contributed by atoms with E-state index in [-0.39, 0.29) is 4.90 Å². The van der Waals surface area contributed by atoms with Crippen LogP contribution in [0.15, 0.2) is 11.1 Å². The van der Waals surface area contributed by atoms with Gasteiger partial charge in [-0.3, -0.25) is 9.40 Å². The van der Waals surface area contributed by atoms with Gasteiger partial charge in [0.1, 0.15) is 4.90 Å². The van der Waals surface area contributed by atoms with Gasteiger partial charge in [-0.2, -0.15) is 5.10 Å². The Morgan fingerprint density at radius 2 is 2.24 bits per heavy atom. The molecule has 21 heavy (non-hydrogen) atoms. The summed E-state index contributed by atoms with van der Waals surface area (Å²) < 4.78 is 28.9. The van der Waals surface area contributed by atoms with Crippen molar-refractivity contribution in [1.29, 1.82) is 0 Å². The van der Waals surface area contributed by atoms with Gasteiger partial charge in [0.25, 0.3) is 10.0 Å². The highest BCUT2D eigenvalue weighted by Crippen LogP contribution is 2.33. The highest BCUT2D eigenvalue weighted by atomic mass is 32.2. The SMILES string of the molecule is Cc1nn(C)cc1S(=O)(=O)Nc1nc2c(s1)CC(C)CC2. The fourth-order valence-corrected chi connectivity index (χ4v) is 5.22. The van der Waals surface area contributed by atoms with E-state index in [4.69, 9.17) is 0 Å². The zero-order chi connectivity index (χ0) is 15.2. The van der Waals surface area contributed by atoms with Crippen molar-refractivity contribution in [2.75, 3.05) is 4.72 Å². The minimum Gasteiger partial charge on any atom is -0.274 e. The quantitative estimate of drug-likeness (QED) is 0.937. The fourth-order valence-electron chi connectivity index (χ4n) is 2.60. The molecule has 1 atom stereocenters. The Bertz CT molecular complexity index is 776. The maximum atomic E-state index is 12.4. The van der Waals surface area contributed by atoms with Crippen molar-refractivity contribution in [3.63, 3.8) is 0 Å². The van der Waals surface area contributed by atoms with E-state index >= 15 is 0 Å². The smallest absolute Gasteiger partial charge is 0.267 e. The summed E-state index contributed by atoms with van der Waals surface area (Å²) >= 11 is 1.44. The molecule has 0 amide bonds. The van der Waals surface area contributed by atoms with E-state index in [1.54, 1.807) is 14.0 Å². The van der Waals surface area contributed by atoms with E-state index in [9.17, 15) is 8.42 Å². The predicted molar refractivity (Wildman–Crippen MR) is 82.1 cm³/mol.